The quantitative estimate of drug-likeness (QED) is 0.208. The van der Waals surface area contributed by atoms with Crippen molar-refractivity contribution in [1.29, 1.82) is 0 Å². The summed E-state index contributed by atoms with van der Waals surface area (Å²) in [7, 11) is -8.53. The van der Waals surface area contributed by atoms with Crippen molar-refractivity contribution in [3.63, 3.8) is 0 Å². The van der Waals surface area contributed by atoms with Gasteiger partial charge in [0, 0.05) is 0 Å². The zero-order valence-corrected chi connectivity index (χ0v) is 21.4. The van der Waals surface area contributed by atoms with Crippen LogP contribution >= 0.6 is 15.6 Å². The highest BCUT2D eigenvalue weighted by Gasteiger charge is 2.24. The van der Waals surface area contributed by atoms with E-state index in [2.05, 4.69) is 27.7 Å². The minimum atomic E-state index is -4.64. The minimum Gasteiger partial charge on any atom is -0.389 e. The van der Waals surface area contributed by atoms with Gasteiger partial charge in [-0.15, -0.1) is 0 Å². The van der Waals surface area contributed by atoms with Gasteiger partial charge in [0.25, 0.3) is 0 Å². The van der Waals surface area contributed by atoms with Crippen molar-refractivity contribution >= 4 is 21.4 Å². The lowest BCUT2D eigenvalue weighted by atomic mass is 10.0. The molecule has 2 atom stereocenters. The lowest BCUT2D eigenvalue weighted by Crippen LogP contribution is -2.12. The van der Waals surface area contributed by atoms with E-state index in [0.717, 1.165) is 51.4 Å². The van der Waals surface area contributed by atoms with Crippen LogP contribution in [0.25, 0.3) is 0 Å². The molecule has 31 heavy (non-hydrogen) atoms. The van der Waals surface area contributed by atoms with Gasteiger partial charge in [0.15, 0.2) is 5.78 Å². The number of aliphatic hydroxyl groups excluding tert-OH is 1. The Kier molecular flexibility index (Phi) is 24.8. The number of carbonyl (C=O) groups is 1. The smallest absolute Gasteiger partial charge is 0.389 e. The second-order valence-corrected chi connectivity index (χ2v) is 9.75. The molecule has 0 spiro atoms. The Bertz CT molecular complexity index is 478. The molecule has 12 heteroatoms. The van der Waals surface area contributed by atoms with Gasteiger partial charge in [0.2, 0.25) is 0 Å². The number of ketones is 1. The molecule has 2 unspecified atom stereocenters. The SMILES string of the molecule is CC(=O)CO.CCCCC(CC)COP(=O)(O)OCC(CC)CCCC.O=P(O)(O)O. The average Bonchev–Trinajstić information content (AvgIpc) is 2.67. The highest BCUT2D eigenvalue weighted by Crippen LogP contribution is 2.44. The van der Waals surface area contributed by atoms with Gasteiger partial charge in [-0.3, -0.25) is 13.8 Å². The first-order valence-corrected chi connectivity index (χ1v) is 13.8. The lowest BCUT2D eigenvalue weighted by molar-refractivity contribution is -0.119. The summed E-state index contributed by atoms with van der Waals surface area (Å²) in [6.07, 6.45) is 8.56. The van der Waals surface area contributed by atoms with Gasteiger partial charge in [0.1, 0.15) is 6.61 Å². The van der Waals surface area contributed by atoms with Crippen molar-refractivity contribution < 1.29 is 47.7 Å². The van der Waals surface area contributed by atoms with Crippen LogP contribution in [0.15, 0.2) is 0 Å². The molecule has 0 heterocycles. The summed E-state index contributed by atoms with van der Waals surface area (Å²) < 4.78 is 31.1. The molecule has 10 nitrogen and oxygen atoms in total. The molecule has 0 saturated carbocycles. The van der Waals surface area contributed by atoms with Crippen LogP contribution < -0.4 is 0 Å². The monoisotopic (exact) mass is 494 g/mol. The molecule has 0 amide bonds. The van der Waals surface area contributed by atoms with E-state index < -0.39 is 15.6 Å². The second-order valence-electron chi connectivity index (χ2n) is 7.27. The van der Waals surface area contributed by atoms with Gasteiger partial charge in [-0.25, -0.2) is 9.13 Å². The largest absolute Gasteiger partial charge is 0.472 e. The first-order valence-electron chi connectivity index (χ1n) is 10.8. The summed E-state index contributed by atoms with van der Waals surface area (Å²) in [6, 6.07) is 0. The Balaban J connectivity index is -0.000000646. The van der Waals surface area contributed by atoms with Crippen LogP contribution in [0.3, 0.4) is 0 Å². The molecule has 0 aliphatic rings. The fourth-order valence-corrected chi connectivity index (χ4v) is 3.11. The molecule has 0 radical (unpaired) electrons. The van der Waals surface area contributed by atoms with Crippen LogP contribution in [-0.4, -0.2) is 50.3 Å². The van der Waals surface area contributed by atoms with Gasteiger partial charge >= 0.3 is 15.6 Å². The summed E-state index contributed by atoms with van der Waals surface area (Å²) in [5.41, 5.74) is 0. The number of unbranched alkanes of at least 4 members (excludes halogenated alkanes) is 2. The van der Waals surface area contributed by atoms with Crippen LogP contribution in [-0.2, 0) is 23.0 Å². The van der Waals surface area contributed by atoms with Crippen molar-refractivity contribution in [3.05, 3.63) is 0 Å². The Morgan fingerprint density at radius 1 is 0.806 bits per heavy atom. The summed E-state index contributed by atoms with van der Waals surface area (Å²) in [4.78, 5) is 40.9. The molecule has 0 aliphatic carbocycles. The molecular formula is C19H44O10P2. The van der Waals surface area contributed by atoms with E-state index in [4.69, 9.17) is 33.4 Å². The lowest BCUT2D eigenvalue weighted by Gasteiger charge is -2.20. The van der Waals surface area contributed by atoms with Crippen LogP contribution in [0, 0.1) is 11.8 Å². The Morgan fingerprint density at radius 2 is 1.10 bits per heavy atom. The van der Waals surface area contributed by atoms with E-state index in [-0.39, 0.29) is 12.4 Å². The fourth-order valence-electron chi connectivity index (χ4n) is 2.23. The summed E-state index contributed by atoms with van der Waals surface area (Å²) in [6.45, 7) is 10.1. The van der Waals surface area contributed by atoms with Crippen LogP contribution in [0.5, 0.6) is 0 Å². The summed E-state index contributed by atoms with van der Waals surface area (Å²) >= 11 is 0. The van der Waals surface area contributed by atoms with Crippen molar-refractivity contribution in [3.8, 4) is 0 Å². The molecule has 0 aromatic carbocycles. The third-order valence-corrected chi connectivity index (χ3v) is 5.21. The number of rotatable bonds is 15. The Morgan fingerprint density at radius 3 is 1.29 bits per heavy atom. The highest BCUT2D eigenvalue weighted by atomic mass is 31.2. The average molecular weight is 494 g/mol. The Labute approximate surface area is 187 Å². The predicted octanol–water partition coefficient (Wildman–Crippen LogP) is 4.19. The van der Waals surface area contributed by atoms with Crippen LogP contribution in [0.1, 0.15) is 86.0 Å². The number of hydrogen-bond donors (Lipinski definition) is 5. The number of hydrogen-bond acceptors (Lipinski definition) is 6. The van der Waals surface area contributed by atoms with Gasteiger partial charge in [-0.1, -0.05) is 66.2 Å². The van der Waals surface area contributed by atoms with Gasteiger partial charge in [-0.05, 0) is 31.6 Å². The van der Waals surface area contributed by atoms with E-state index in [1.807, 2.05) is 0 Å². The molecule has 190 valence electrons. The van der Waals surface area contributed by atoms with Crippen LogP contribution in [0.4, 0.5) is 0 Å². The van der Waals surface area contributed by atoms with Gasteiger partial charge in [0.05, 0.1) is 13.2 Å². The van der Waals surface area contributed by atoms with Crippen LogP contribution in [0.2, 0.25) is 0 Å². The first-order chi connectivity index (χ1) is 14.3. The Hall–Kier alpha value is -0.150. The van der Waals surface area contributed by atoms with Crippen molar-refractivity contribution in [2.24, 2.45) is 11.8 Å². The number of carbonyl (C=O) groups excluding carboxylic acids is 1. The maximum absolute atomic E-state index is 11.9. The molecule has 0 bridgehead atoms. The first kappa shape index (κ1) is 35.4. The number of Topliss-reactive ketones (excluding diaryl/α,β-unsaturated/α-hetero) is 1. The zero-order chi connectivity index (χ0) is 24.9. The van der Waals surface area contributed by atoms with Gasteiger partial charge in [-0.2, -0.15) is 0 Å². The van der Waals surface area contributed by atoms with Gasteiger partial charge < -0.3 is 24.7 Å². The molecular weight excluding hydrogens is 450 g/mol. The highest BCUT2D eigenvalue weighted by molar-refractivity contribution is 7.47. The molecule has 0 fully saturated rings. The van der Waals surface area contributed by atoms with E-state index in [0.29, 0.717) is 25.0 Å². The zero-order valence-electron chi connectivity index (χ0n) is 19.6. The van der Waals surface area contributed by atoms with E-state index in [9.17, 15) is 14.3 Å². The number of phosphoric acid groups is 2. The van der Waals surface area contributed by atoms with Crippen molar-refractivity contribution in [2.75, 3.05) is 19.8 Å². The van der Waals surface area contributed by atoms with E-state index >= 15 is 0 Å². The molecule has 0 aromatic rings. The third kappa shape index (κ3) is 34.6. The summed E-state index contributed by atoms with van der Waals surface area (Å²) in [5, 5.41) is 7.79. The van der Waals surface area contributed by atoms with Crippen molar-refractivity contribution in [1.82, 2.24) is 0 Å². The number of phosphoric ester groups is 1. The third-order valence-electron chi connectivity index (χ3n) is 4.26. The topological polar surface area (TPSA) is 171 Å². The molecule has 0 saturated heterocycles. The molecule has 5 N–H and O–H groups in total. The molecule has 0 aliphatic heterocycles. The molecule has 0 aromatic heterocycles. The summed E-state index contributed by atoms with van der Waals surface area (Å²) in [5.74, 6) is 0.497. The standard InChI is InChI=1S/C16H35O4P.C3H6O2.H3O4P/c1-5-9-11-15(7-3)13-19-21(17,18)20-14-16(8-4)12-10-6-2;1-3(5)2-4;1-5(2,3)4/h15-16H,5-14H2,1-4H3,(H,17,18);4H,2H2,1H3;(H3,1,2,3,4). The maximum Gasteiger partial charge on any atom is 0.472 e. The fraction of sp³-hybridized carbons (Fsp3) is 0.947. The maximum atomic E-state index is 11.9. The predicted molar refractivity (Wildman–Crippen MR) is 120 cm³/mol. The minimum absolute atomic E-state index is 0.190. The number of aliphatic hydroxyl groups is 1. The molecule has 0 rings (SSSR count). The second kappa shape index (κ2) is 21.7. The van der Waals surface area contributed by atoms with Crippen molar-refractivity contribution in [2.45, 2.75) is 86.0 Å². The van der Waals surface area contributed by atoms with E-state index in [1.54, 1.807) is 0 Å². The van der Waals surface area contributed by atoms with E-state index in [1.165, 1.54) is 6.92 Å². The normalized spacial score (nSPS) is 14.9.